The quantitative estimate of drug-likeness (QED) is 0.779. The van der Waals surface area contributed by atoms with E-state index >= 15 is 0 Å². The summed E-state index contributed by atoms with van der Waals surface area (Å²) in [5.74, 6) is 0. The van der Waals surface area contributed by atoms with Gasteiger partial charge in [-0.3, -0.25) is 0 Å². The van der Waals surface area contributed by atoms with E-state index in [4.69, 9.17) is 5.11 Å². The van der Waals surface area contributed by atoms with Crippen LogP contribution < -0.4 is 0 Å². The van der Waals surface area contributed by atoms with Gasteiger partial charge in [0, 0.05) is 17.6 Å². The summed E-state index contributed by atoms with van der Waals surface area (Å²) in [5, 5.41) is 14.5. The Balaban J connectivity index is 1.92. The first kappa shape index (κ1) is 12.3. The topological polar surface area (TPSA) is 33.1 Å². The fourth-order valence-corrected chi connectivity index (χ4v) is 2.99. The molecule has 3 aromatic rings. The lowest BCUT2D eigenvalue weighted by Crippen LogP contribution is -1.89. The van der Waals surface area contributed by atoms with Gasteiger partial charge >= 0.3 is 0 Å². The van der Waals surface area contributed by atoms with Crippen molar-refractivity contribution >= 4 is 22.1 Å². The van der Waals surface area contributed by atoms with Crippen LogP contribution in [0.15, 0.2) is 47.8 Å². The first-order valence-electron chi connectivity index (χ1n) is 6.41. The number of aryl methyl sites for hydroxylation is 1. The van der Waals surface area contributed by atoms with E-state index in [0.29, 0.717) is 0 Å². The molecule has 1 N–H and O–H groups in total. The second-order valence-electron chi connectivity index (χ2n) is 4.53. The van der Waals surface area contributed by atoms with Gasteiger partial charge < -0.3 is 5.11 Å². The van der Waals surface area contributed by atoms with Crippen LogP contribution in [0, 0.1) is 0 Å². The van der Waals surface area contributed by atoms with Crippen LogP contribution in [0.25, 0.3) is 21.3 Å². The maximum absolute atomic E-state index is 8.85. The van der Waals surface area contributed by atoms with Gasteiger partial charge in [0.25, 0.3) is 0 Å². The highest BCUT2D eigenvalue weighted by Gasteiger charge is 2.05. The minimum absolute atomic E-state index is 0.225. The van der Waals surface area contributed by atoms with Crippen molar-refractivity contribution in [1.82, 2.24) is 4.98 Å². The van der Waals surface area contributed by atoms with Gasteiger partial charge in [0.1, 0.15) is 5.01 Å². The molecule has 0 saturated carbocycles. The molecule has 2 aromatic carbocycles. The third-order valence-electron chi connectivity index (χ3n) is 3.14. The Morgan fingerprint density at radius 1 is 1.05 bits per heavy atom. The van der Waals surface area contributed by atoms with E-state index in [1.54, 1.807) is 11.3 Å². The number of aliphatic hydroxyl groups excluding tert-OH is 1. The summed E-state index contributed by atoms with van der Waals surface area (Å²) in [6.07, 6.45) is 1.63. The van der Waals surface area contributed by atoms with E-state index in [2.05, 4.69) is 52.8 Å². The Morgan fingerprint density at radius 3 is 2.74 bits per heavy atom. The van der Waals surface area contributed by atoms with Crippen LogP contribution in [0.3, 0.4) is 0 Å². The zero-order valence-corrected chi connectivity index (χ0v) is 11.4. The smallest absolute Gasteiger partial charge is 0.123 e. The van der Waals surface area contributed by atoms with E-state index in [9.17, 15) is 0 Å². The number of fused-ring (bicyclic) bond motifs is 1. The van der Waals surface area contributed by atoms with Crippen LogP contribution in [-0.2, 0) is 6.42 Å². The zero-order valence-electron chi connectivity index (χ0n) is 10.5. The highest BCUT2D eigenvalue weighted by atomic mass is 32.1. The molecule has 3 rings (SSSR count). The Labute approximate surface area is 116 Å². The lowest BCUT2D eigenvalue weighted by molar-refractivity contribution is 0.288. The van der Waals surface area contributed by atoms with Crippen LogP contribution in [0.2, 0.25) is 0 Å². The molecular weight excluding hydrogens is 254 g/mol. The van der Waals surface area contributed by atoms with Crippen LogP contribution in [-0.4, -0.2) is 16.7 Å². The molecular formula is C16H15NOS. The van der Waals surface area contributed by atoms with E-state index < -0.39 is 0 Å². The Morgan fingerprint density at radius 2 is 1.89 bits per heavy atom. The second-order valence-corrected chi connectivity index (χ2v) is 5.39. The molecule has 0 radical (unpaired) electrons. The molecule has 0 fully saturated rings. The molecule has 96 valence electrons. The van der Waals surface area contributed by atoms with Crippen molar-refractivity contribution in [3.05, 3.63) is 53.5 Å². The molecule has 3 heteroatoms. The predicted octanol–water partition coefficient (Wildman–Crippen LogP) is 3.89. The molecule has 0 aliphatic rings. The van der Waals surface area contributed by atoms with Crippen molar-refractivity contribution in [3.8, 4) is 10.6 Å². The van der Waals surface area contributed by atoms with Gasteiger partial charge in [0.15, 0.2) is 0 Å². The molecule has 0 spiro atoms. The number of nitrogens with zero attached hydrogens (tertiary/aromatic N) is 1. The second kappa shape index (κ2) is 5.51. The van der Waals surface area contributed by atoms with E-state index in [1.807, 2.05) is 0 Å². The van der Waals surface area contributed by atoms with E-state index in [-0.39, 0.29) is 6.61 Å². The minimum Gasteiger partial charge on any atom is -0.396 e. The fraction of sp³-hybridized carbons (Fsp3) is 0.188. The fourth-order valence-electron chi connectivity index (χ4n) is 2.14. The van der Waals surface area contributed by atoms with Crippen molar-refractivity contribution in [2.75, 3.05) is 6.61 Å². The minimum atomic E-state index is 0.225. The van der Waals surface area contributed by atoms with Gasteiger partial charge in [-0.2, -0.15) is 0 Å². The van der Waals surface area contributed by atoms with E-state index in [0.717, 1.165) is 23.5 Å². The zero-order chi connectivity index (χ0) is 13.1. The van der Waals surface area contributed by atoms with Crippen molar-refractivity contribution in [2.24, 2.45) is 0 Å². The van der Waals surface area contributed by atoms with Crippen molar-refractivity contribution < 1.29 is 5.11 Å². The molecule has 0 saturated heterocycles. The average molecular weight is 269 g/mol. The number of aromatic nitrogens is 1. The molecule has 0 atom stereocenters. The Bertz CT molecular complexity index is 690. The van der Waals surface area contributed by atoms with Gasteiger partial charge in [-0.15, -0.1) is 11.3 Å². The molecule has 0 unspecified atom stereocenters. The normalized spacial score (nSPS) is 11.0. The SMILES string of the molecule is OCCCc1csc(-c2ccc3ccccc3c2)n1. The van der Waals surface area contributed by atoms with Crippen molar-refractivity contribution in [2.45, 2.75) is 12.8 Å². The van der Waals surface area contributed by atoms with Crippen molar-refractivity contribution in [1.29, 1.82) is 0 Å². The summed E-state index contributed by atoms with van der Waals surface area (Å²) < 4.78 is 0. The maximum Gasteiger partial charge on any atom is 0.123 e. The Hall–Kier alpha value is -1.71. The summed E-state index contributed by atoms with van der Waals surface area (Å²) >= 11 is 1.67. The number of benzene rings is 2. The summed E-state index contributed by atoms with van der Waals surface area (Å²) in [4.78, 5) is 4.63. The first-order chi connectivity index (χ1) is 9.36. The number of hydrogen-bond donors (Lipinski definition) is 1. The van der Waals surface area contributed by atoms with Crippen LogP contribution >= 0.6 is 11.3 Å². The van der Waals surface area contributed by atoms with Gasteiger partial charge in [0.2, 0.25) is 0 Å². The van der Waals surface area contributed by atoms with Gasteiger partial charge in [0.05, 0.1) is 5.69 Å². The summed E-state index contributed by atoms with van der Waals surface area (Å²) in [6, 6.07) is 14.8. The first-order valence-corrected chi connectivity index (χ1v) is 7.29. The summed E-state index contributed by atoms with van der Waals surface area (Å²) in [7, 11) is 0. The lowest BCUT2D eigenvalue weighted by atomic mass is 10.1. The molecule has 2 nitrogen and oxygen atoms in total. The molecule has 19 heavy (non-hydrogen) atoms. The lowest BCUT2D eigenvalue weighted by Gasteiger charge is -2.00. The number of thiazole rings is 1. The van der Waals surface area contributed by atoms with Crippen molar-refractivity contribution in [3.63, 3.8) is 0 Å². The number of hydrogen-bond acceptors (Lipinski definition) is 3. The van der Waals surface area contributed by atoms with Gasteiger partial charge in [-0.05, 0) is 29.7 Å². The predicted molar refractivity (Wildman–Crippen MR) is 80.5 cm³/mol. The molecule has 0 bridgehead atoms. The van der Waals surface area contributed by atoms with Gasteiger partial charge in [-0.1, -0.05) is 36.4 Å². The third-order valence-corrected chi connectivity index (χ3v) is 4.08. The molecule has 1 heterocycles. The highest BCUT2D eigenvalue weighted by molar-refractivity contribution is 7.13. The average Bonchev–Trinajstić information content (AvgIpc) is 2.93. The van der Waals surface area contributed by atoms with Gasteiger partial charge in [-0.25, -0.2) is 4.98 Å². The van der Waals surface area contributed by atoms with Crippen LogP contribution in [0.1, 0.15) is 12.1 Å². The monoisotopic (exact) mass is 269 g/mol. The van der Waals surface area contributed by atoms with E-state index in [1.165, 1.54) is 16.3 Å². The number of aliphatic hydroxyl groups is 1. The highest BCUT2D eigenvalue weighted by Crippen LogP contribution is 2.27. The molecule has 0 aliphatic carbocycles. The molecule has 1 aromatic heterocycles. The summed E-state index contributed by atoms with van der Waals surface area (Å²) in [6.45, 7) is 0.225. The summed E-state index contributed by atoms with van der Waals surface area (Å²) in [5.41, 5.74) is 2.24. The standard InChI is InChI=1S/C16H15NOS/c18-9-3-6-15-11-19-16(17-15)14-8-7-12-4-1-2-5-13(12)10-14/h1-2,4-5,7-8,10-11,18H,3,6,9H2. The molecule has 0 aliphatic heterocycles. The van der Waals surface area contributed by atoms with Crippen LogP contribution in [0.4, 0.5) is 0 Å². The largest absolute Gasteiger partial charge is 0.396 e. The maximum atomic E-state index is 8.85. The number of rotatable bonds is 4. The van der Waals surface area contributed by atoms with Crippen LogP contribution in [0.5, 0.6) is 0 Å². The third kappa shape index (κ3) is 2.67. The molecule has 0 amide bonds. The Kier molecular flexibility index (Phi) is 3.58.